The van der Waals surface area contributed by atoms with E-state index in [9.17, 15) is 14.4 Å². The average Bonchev–Trinajstić information content (AvgIpc) is 3.32. The third-order valence-electron chi connectivity index (χ3n) is 4.16. The van der Waals surface area contributed by atoms with Gasteiger partial charge in [0.25, 0.3) is 11.8 Å². The topological polar surface area (TPSA) is 109 Å². The number of hydrogen-bond donors (Lipinski definition) is 2. The lowest BCUT2D eigenvalue weighted by Crippen LogP contribution is -2.27. The van der Waals surface area contributed by atoms with E-state index in [4.69, 9.17) is 14.3 Å². The quantitative estimate of drug-likeness (QED) is 0.850. The van der Waals surface area contributed by atoms with E-state index in [1.54, 1.807) is 23.1 Å². The van der Waals surface area contributed by atoms with Crippen molar-refractivity contribution in [2.24, 2.45) is 0 Å². The molecule has 1 saturated heterocycles. The molecule has 2 amide bonds. The Morgan fingerprint density at radius 2 is 1.88 bits per heavy atom. The molecule has 136 valence electrons. The number of anilines is 1. The van der Waals surface area contributed by atoms with Crippen molar-refractivity contribution in [3.63, 3.8) is 0 Å². The second kappa shape index (κ2) is 7.30. The maximum atomic E-state index is 12.5. The second-order valence-electron chi connectivity index (χ2n) is 5.87. The zero-order valence-electron chi connectivity index (χ0n) is 14.2. The summed E-state index contributed by atoms with van der Waals surface area (Å²) in [5, 5.41) is 11.5. The molecule has 8 heteroatoms. The number of aromatic carboxylic acids is 1. The molecule has 1 aromatic carbocycles. The van der Waals surface area contributed by atoms with Crippen LogP contribution >= 0.6 is 0 Å². The van der Waals surface area contributed by atoms with Gasteiger partial charge in [-0.3, -0.25) is 9.59 Å². The van der Waals surface area contributed by atoms with E-state index in [1.807, 2.05) is 0 Å². The highest BCUT2D eigenvalue weighted by molar-refractivity contribution is 6.05. The van der Waals surface area contributed by atoms with Gasteiger partial charge in [-0.15, -0.1) is 0 Å². The summed E-state index contributed by atoms with van der Waals surface area (Å²) >= 11 is 0. The predicted molar refractivity (Wildman–Crippen MR) is 91.8 cm³/mol. The smallest absolute Gasteiger partial charge is 0.338 e. The molecule has 1 aliphatic rings. The van der Waals surface area contributed by atoms with Crippen molar-refractivity contribution in [3.8, 4) is 5.75 Å². The predicted octanol–water partition coefficient (Wildman–Crippen LogP) is 2.47. The highest BCUT2D eigenvalue weighted by atomic mass is 16.5. The van der Waals surface area contributed by atoms with Crippen molar-refractivity contribution >= 4 is 23.5 Å². The fourth-order valence-corrected chi connectivity index (χ4v) is 2.79. The largest absolute Gasteiger partial charge is 0.495 e. The van der Waals surface area contributed by atoms with E-state index < -0.39 is 11.9 Å². The van der Waals surface area contributed by atoms with Crippen LogP contribution in [0.3, 0.4) is 0 Å². The molecule has 0 unspecified atom stereocenters. The summed E-state index contributed by atoms with van der Waals surface area (Å²) in [4.78, 5) is 37.5. The van der Waals surface area contributed by atoms with Crippen LogP contribution < -0.4 is 10.1 Å². The highest BCUT2D eigenvalue weighted by Gasteiger charge is 2.22. The molecule has 0 radical (unpaired) electrons. The minimum Gasteiger partial charge on any atom is -0.495 e. The minimum absolute atomic E-state index is 0.105. The van der Waals surface area contributed by atoms with Gasteiger partial charge in [0, 0.05) is 24.7 Å². The zero-order valence-corrected chi connectivity index (χ0v) is 14.2. The fraction of sp³-hybridized carbons (Fsp3) is 0.278. The summed E-state index contributed by atoms with van der Waals surface area (Å²) in [6.07, 6.45) is 2.95. The third-order valence-corrected chi connectivity index (χ3v) is 4.16. The first-order valence-electron chi connectivity index (χ1n) is 8.10. The highest BCUT2D eigenvalue weighted by Crippen LogP contribution is 2.27. The minimum atomic E-state index is -1.19. The zero-order chi connectivity index (χ0) is 18.7. The van der Waals surface area contributed by atoms with Crippen molar-refractivity contribution in [2.45, 2.75) is 12.8 Å². The van der Waals surface area contributed by atoms with Crippen LogP contribution in [0.2, 0.25) is 0 Å². The van der Waals surface area contributed by atoms with Gasteiger partial charge in [0.2, 0.25) is 0 Å². The van der Waals surface area contributed by atoms with Crippen LogP contribution in [0.1, 0.15) is 44.1 Å². The van der Waals surface area contributed by atoms with Gasteiger partial charge >= 0.3 is 5.97 Å². The van der Waals surface area contributed by atoms with E-state index >= 15 is 0 Å². The number of ether oxygens (including phenoxy) is 1. The van der Waals surface area contributed by atoms with Crippen LogP contribution in [0.15, 0.2) is 34.9 Å². The van der Waals surface area contributed by atoms with E-state index in [2.05, 4.69) is 5.32 Å². The summed E-state index contributed by atoms with van der Waals surface area (Å²) in [6, 6.07) is 5.91. The summed E-state index contributed by atoms with van der Waals surface area (Å²) in [5.74, 6) is -1.71. The van der Waals surface area contributed by atoms with Crippen molar-refractivity contribution in [2.75, 3.05) is 25.5 Å². The standard InChI is InChI=1S/C18H18N2O6/c1-25-14-5-4-11(17(22)20-6-2-3-7-20)8-13(14)19-16(21)15-9-12(10-26-15)18(23)24/h4-5,8-10H,2-3,6-7H2,1H3,(H,19,21)(H,23,24). The molecule has 0 aliphatic carbocycles. The summed E-state index contributed by atoms with van der Waals surface area (Å²) in [6.45, 7) is 1.44. The number of rotatable bonds is 5. The van der Waals surface area contributed by atoms with Crippen molar-refractivity contribution < 1.29 is 28.6 Å². The normalized spacial score (nSPS) is 13.5. The molecule has 26 heavy (non-hydrogen) atoms. The average molecular weight is 358 g/mol. The molecule has 1 fully saturated rings. The molecule has 0 spiro atoms. The molecule has 1 aromatic heterocycles. The first-order valence-corrected chi connectivity index (χ1v) is 8.10. The molecular formula is C18H18N2O6. The van der Waals surface area contributed by atoms with Crippen molar-refractivity contribution in [3.05, 3.63) is 47.4 Å². The summed E-state index contributed by atoms with van der Waals surface area (Å²) in [7, 11) is 1.45. The maximum Gasteiger partial charge on any atom is 0.338 e. The first kappa shape index (κ1) is 17.5. The molecule has 2 aromatic rings. The monoisotopic (exact) mass is 358 g/mol. The van der Waals surface area contributed by atoms with Gasteiger partial charge in [-0.05, 0) is 31.0 Å². The fourth-order valence-electron chi connectivity index (χ4n) is 2.79. The Morgan fingerprint density at radius 3 is 2.50 bits per heavy atom. The van der Waals surface area contributed by atoms with Crippen LogP contribution in [0, 0.1) is 0 Å². The number of benzene rings is 1. The van der Waals surface area contributed by atoms with Crippen LogP contribution in [0.5, 0.6) is 5.75 Å². The van der Waals surface area contributed by atoms with Gasteiger partial charge in [0.1, 0.15) is 12.0 Å². The van der Waals surface area contributed by atoms with E-state index in [0.717, 1.165) is 38.3 Å². The number of nitrogens with one attached hydrogen (secondary N) is 1. The first-order chi connectivity index (χ1) is 12.5. The Hall–Kier alpha value is -3.29. The lowest BCUT2D eigenvalue weighted by atomic mass is 10.1. The van der Waals surface area contributed by atoms with Crippen LogP contribution in [0.25, 0.3) is 0 Å². The SMILES string of the molecule is COc1ccc(C(=O)N2CCCC2)cc1NC(=O)c1cc(C(=O)O)co1. The van der Waals surface area contributed by atoms with Gasteiger partial charge in [0.15, 0.2) is 5.76 Å². The van der Waals surface area contributed by atoms with Gasteiger partial charge in [0.05, 0.1) is 18.4 Å². The Kier molecular flexibility index (Phi) is 4.92. The van der Waals surface area contributed by atoms with E-state index in [-0.39, 0.29) is 17.2 Å². The number of carbonyl (C=O) groups excluding carboxylic acids is 2. The number of hydrogen-bond acceptors (Lipinski definition) is 5. The van der Waals surface area contributed by atoms with E-state index in [0.29, 0.717) is 17.0 Å². The number of amides is 2. The molecule has 8 nitrogen and oxygen atoms in total. The number of carboxylic acids is 1. The summed E-state index contributed by atoms with van der Waals surface area (Å²) in [5.41, 5.74) is 0.615. The van der Waals surface area contributed by atoms with Crippen molar-refractivity contribution in [1.29, 1.82) is 0 Å². The molecule has 3 rings (SSSR count). The Balaban J connectivity index is 1.82. The lowest BCUT2D eigenvalue weighted by Gasteiger charge is -2.17. The molecule has 0 atom stereocenters. The van der Waals surface area contributed by atoms with Crippen molar-refractivity contribution in [1.82, 2.24) is 4.90 Å². The second-order valence-corrected chi connectivity index (χ2v) is 5.87. The van der Waals surface area contributed by atoms with Crippen LogP contribution in [-0.4, -0.2) is 48.0 Å². The number of carbonyl (C=O) groups is 3. The number of furan rings is 1. The Morgan fingerprint density at radius 1 is 1.15 bits per heavy atom. The molecule has 0 saturated carbocycles. The maximum absolute atomic E-state index is 12.5. The third kappa shape index (κ3) is 3.53. The van der Waals surface area contributed by atoms with Crippen LogP contribution in [0.4, 0.5) is 5.69 Å². The molecule has 2 heterocycles. The molecular weight excluding hydrogens is 340 g/mol. The number of nitrogens with zero attached hydrogens (tertiary/aromatic N) is 1. The number of likely N-dealkylation sites (tertiary alicyclic amines) is 1. The van der Waals surface area contributed by atoms with Gasteiger partial charge in [-0.1, -0.05) is 0 Å². The Labute approximate surface area is 149 Å². The van der Waals surface area contributed by atoms with E-state index in [1.165, 1.54) is 7.11 Å². The molecule has 0 bridgehead atoms. The Bertz CT molecular complexity index is 851. The number of methoxy groups -OCH3 is 1. The van der Waals surface area contributed by atoms with Gasteiger partial charge in [-0.2, -0.15) is 0 Å². The van der Waals surface area contributed by atoms with Gasteiger partial charge < -0.3 is 24.5 Å². The molecule has 2 N–H and O–H groups in total. The lowest BCUT2D eigenvalue weighted by molar-refractivity contribution is 0.0695. The molecule has 1 aliphatic heterocycles. The van der Waals surface area contributed by atoms with Gasteiger partial charge in [-0.25, -0.2) is 4.79 Å². The van der Waals surface area contributed by atoms with Crippen LogP contribution in [-0.2, 0) is 0 Å². The number of carboxylic acid groups (broad SMARTS) is 1. The summed E-state index contributed by atoms with van der Waals surface area (Å²) < 4.78 is 10.2.